The molecule has 0 aliphatic carbocycles. The van der Waals surface area contributed by atoms with Crippen LogP contribution in [0.4, 0.5) is 0 Å². The average Bonchev–Trinajstić information content (AvgIpc) is 2.88. The van der Waals surface area contributed by atoms with Gasteiger partial charge >= 0.3 is 0 Å². The highest BCUT2D eigenvalue weighted by Gasteiger charge is 1.85. The maximum Gasteiger partial charge on any atom is 0.144 e. The summed E-state index contributed by atoms with van der Waals surface area (Å²) in [5.41, 5.74) is 0. The maximum atomic E-state index is 4.22. The van der Waals surface area contributed by atoms with Crippen molar-refractivity contribution >= 4 is 10.8 Å². The molecule has 74 valence electrons. The molecule has 0 unspecified atom stereocenters. The lowest BCUT2D eigenvalue weighted by atomic mass is 10.1. The van der Waals surface area contributed by atoms with Crippen molar-refractivity contribution in [3.8, 4) is 0 Å². The second kappa shape index (κ2) is 4.91. The van der Waals surface area contributed by atoms with Gasteiger partial charge in [-0.25, -0.2) is 0 Å². The normalized spacial score (nSPS) is 9.33. The zero-order valence-corrected chi connectivity index (χ0v) is 8.08. The Balaban J connectivity index is 0.000000144. The van der Waals surface area contributed by atoms with Crippen molar-refractivity contribution in [1.82, 2.24) is 10.4 Å². The predicted octanol–water partition coefficient (Wildman–Crippen LogP) is 2.91. The minimum absolute atomic E-state index is 1.31. The number of nitrogens with zero attached hydrogens (tertiary/aromatic N) is 2. The highest BCUT2D eigenvalue weighted by Crippen LogP contribution is 2.11. The number of benzene rings is 2. The Labute approximate surface area is 87.3 Å². The smallest absolute Gasteiger partial charge is 0.144 e. The van der Waals surface area contributed by atoms with Crippen LogP contribution in [0.2, 0.25) is 0 Å². The number of hydrogen-bond donors (Lipinski definition) is 0. The Bertz CT molecular complexity index is 423. The topological polar surface area (TPSA) is 38.9 Å². The first-order valence-electron chi connectivity index (χ1n) is 4.61. The molecule has 0 aliphatic heterocycles. The van der Waals surface area contributed by atoms with Gasteiger partial charge in [0.05, 0.1) is 6.20 Å². The van der Waals surface area contributed by atoms with E-state index in [9.17, 15) is 0 Å². The lowest BCUT2D eigenvalue weighted by molar-refractivity contribution is 0.393. The third-order valence-electron chi connectivity index (χ3n) is 1.94. The van der Waals surface area contributed by atoms with E-state index in [0.29, 0.717) is 0 Å². The molecule has 0 spiro atoms. The summed E-state index contributed by atoms with van der Waals surface area (Å²) in [6, 6.07) is 16.7. The molecule has 2 aromatic carbocycles. The van der Waals surface area contributed by atoms with Crippen molar-refractivity contribution in [3.63, 3.8) is 0 Å². The summed E-state index contributed by atoms with van der Waals surface area (Å²) < 4.78 is 4.22. The number of aromatic nitrogens is 2. The van der Waals surface area contributed by atoms with Gasteiger partial charge < -0.3 is 4.52 Å². The molecule has 15 heavy (non-hydrogen) atoms. The van der Waals surface area contributed by atoms with Crippen molar-refractivity contribution in [2.75, 3.05) is 0 Å². The SMILES string of the molecule is c1ccc2ccccc2c1.c1conn1. The standard InChI is InChI=1S/C10H8.C2H2N2O/c1-2-6-10-8-4-3-7-9(10)5-1;1-2-5-4-3-1/h1-8H;1-2H. The van der Waals surface area contributed by atoms with Crippen LogP contribution >= 0.6 is 0 Å². The van der Waals surface area contributed by atoms with Crippen LogP contribution in [0.1, 0.15) is 0 Å². The van der Waals surface area contributed by atoms with E-state index in [1.165, 1.54) is 23.2 Å². The molecule has 3 heteroatoms. The van der Waals surface area contributed by atoms with Gasteiger partial charge in [0.1, 0.15) is 6.26 Å². The highest BCUT2D eigenvalue weighted by atomic mass is 16.5. The molecule has 0 aliphatic rings. The number of rotatable bonds is 0. The Morgan fingerprint density at radius 1 is 0.800 bits per heavy atom. The van der Waals surface area contributed by atoms with Gasteiger partial charge in [0.25, 0.3) is 0 Å². The van der Waals surface area contributed by atoms with Gasteiger partial charge in [0.2, 0.25) is 0 Å². The summed E-state index contributed by atoms with van der Waals surface area (Å²) in [6.45, 7) is 0. The van der Waals surface area contributed by atoms with Crippen LogP contribution in [-0.4, -0.2) is 10.4 Å². The fourth-order valence-electron chi connectivity index (χ4n) is 1.27. The molecule has 1 heterocycles. The highest BCUT2D eigenvalue weighted by molar-refractivity contribution is 5.81. The largest absolute Gasteiger partial charge is 0.346 e. The van der Waals surface area contributed by atoms with E-state index in [-0.39, 0.29) is 0 Å². The summed E-state index contributed by atoms with van der Waals surface area (Å²) in [5, 5.41) is 9.02. The van der Waals surface area contributed by atoms with E-state index in [4.69, 9.17) is 0 Å². The van der Waals surface area contributed by atoms with Crippen LogP contribution in [-0.2, 0) is 0 Å². The van der Waals surface area contributed by atoms with Crippen molar-refractivity contribution in [1.29, 1.82) is 0 Å². The monoisotopic (exact) mass is 198 g/mol. The summed E-state index contributed by atoms with van der Waals surface area (Å²) >= 11 is 0. The number of fused-ring (bicyclic) bond motifs is 1. The van der Waals surface area contributed by atoms with Gasteiger partial charge in [0.15, 0.2) is 0 Å². The molecule has 0 atom stereocenters. The van der Waals surface area contributed by atoms with Gasteiger partial charge in [0, 0.05) is 5.27 Å². The number of hydrogen-bond acceptors (Lipinski definition) is 3. The Morgan fingerprint density at radius 2 is 1.33 bits per heavy atom. The molecule has 0 saturated heterocycles. The fraction of sp³-hybridized carbons (Fsp3) is 0. The maximum absolute atomic E-state index is 4.22. The van der Waals surface area contributed by atoms with Crippen LogP contribution in [0, 0.1) is 0 Å². The minimum Gasteiger partial charge on any atom is -0.346 e. The summed E-state index contributed by atoms with van der Waals surface area (Å²) in [4.78, 5) is 0. The molecule has 3 nitrogen and oxygen atoms in total. The molecule has 0 N–H and O–H groups in total. The molecular weight excluding hydrogens is 188 g/mol. The van der Waals surface area contributed by atoms with Crippen LogP contribution in [0.15, 0.2) is 65.5 Å². The van der Waals surface area contributed by atoms with Gasteiger partial charge in [-0.05, 0) is 10.8 Å². The first kappa shape index (κ1) is 9.40. The van der Waals surface area contributed by atoms with Gasteiger partial charge in [-0.2, -0.15) is 0 Å². The van der Waals surface area contributed by atoms with Gasteiger partial charge in [-0.3, -0.25) is 0 Å². The van der Waals surface area contributed by atoms with E-state index in [2.05, 4.69) is 63.4 Å². The molecule has 0 saturated carbocycles. The molecule has 0 bridgehead atoms. The lowest BCUT2D eigenvalue weighted by Crippen LogP contribution is -1.67. The van der Waals surface area contributed by atoms with Crippen molar-refractivity contribution < 1.29 is 4.52 Å². The molecule has 0 fully saturated rings. The van der Waals surface area contributed by atoms with E-state index in [1.807, 2.05) is 0 Å². The first-order chi connectivity index (χ1) is 7.47. The molecule has 0 radical (unpaired) electrons. The van der Waals surface area contributed by atoms with E-state index < -0.39 is 0 Å². The lowest BCUT2D eigenvalue weighted by Gasteiger charge is -1.92. The zero-order chi connectivity index (χ0) is 10.3. The van der Waals surface area contributed by atoms with Crippen molar-refractivity contribution in [3.05, 3.63) is 61.0 Å². The third kappa shape index (κ3) is 2.64. The molecular formula is C12H10N2O. The Morgan fingerprint density at radius 3 is 1.60 bits per heavy atom. The van der Waals surface area contributed by atoms with Gasteiger partial charge in [-0.15, -0.1) is 5.10 Å². The summed E-state index contributed by atoms with van der Waals surface area (Å²) in [5.74, 6) is 0. The molecule has 3 aromatic rings. The predicted molar refractivity (Wildman–Crippen MR) is 58.2 cm³/mol. The van der Waals surface area contributed by atoms with Crippen LogP contribution in [0.5, 0.6) is 0 Å². The molecule has 3 rings (SSSR count). The van der Waals surface area contributed by atoms with E-state index in [0.717, 1.165) is 0 Å². The molecule has 1 aromatic heterocycles. The van der Waals surface area contributed by atoms with E-state index >= 15 is 0 Å². The van der Waals surface area contributed by atoms with Crippen LogP contribution in [0.3, 0.4) is 0 Å². The van der Waals surface area contributed by atoms with Crippen molar-refractivity contribution in [2.45, 2.75) is 0 Å². The quantitative estimate of drug-likeness (QED) is 0.557. The Kier molecular flexibility index (Phi) is 3.07. The fourth-order valence-corrected chi connectivity index (χ4v) is 1.27. The summed E-state index contributed by atoms with van der Waals surface area (Å²) in [7, 11) is 0. The van der Waals surface area contributed by atoms with Gasteiger partial charge in [-0.1, -0.05) is 48.5 Å². The Hall–Kier alpha value is -2.16. The van der Waals surface area contributed by atoms with Crippen molar-refractivity contribution in [2.24, 2.45) is 0 Å². The van der Waals surface area contributed by atoms with E-state index in [1.54, 1.807) is 0 Å². The minimum atomic E-state index is 1.31. The average molecular weight is 198 g/mol. The van der Waals surface area contributed by atoms with Crippen LogP contribution < -0.4 is 0 Å². The van der Waals surface area contributed by atoms with Crippen LogP contribution in [0.25, 0.3) is 10.8 Å². The second-order valence-electron chi connectivity index (χ2n) is 2.93. The first-order valence-corrected chi connectivity index (χ1v) is 4.61. The zero-order valence-electron chi connectivity index (χ0n) is 8.08. The summed E-state index contributed by atoms with van der Waals surface area (Å²) in [6.07, 6.45) is 2.88. The second-order valence-corrected chi connectivity index (χ2v) is 2.93. The molecule has 0 amide bonds. The third-order valence-corrected chi connectivity index (χ3v) is 1.94.